The third kappa shape index (κ3) is 5.64. The third-order valence-corrected chi connectivity index (χ3v) is 6.24. The van der Waals surface area contributed by atoms with Crippen molar-refractivity contribution < 1.29 is 17.9 Å². The lowest BCUT2D eigenvalue weighted by atomic mass is 10.0. The maximum atomic E-state index is 12.3. The number of nitrogens with one attached hydrogen (secondary N) is 1. The van der Waals surface area contributed by atoms with Gasteiger partial charge in [-0.05, 0) is 53.9 Å². The smallest absolute Gasteiger partial charge is 0.240 e. The fourth-order valence-corrected chi connectivity index (χ4v) is 4.55. The van der Waals surface area contributed by atoms with E-state index in [0.717, 1.165) is 38.5 Å². The Balaban J connectivity index is 1.79. The van der Waals surface area contributed by atoms with Crippen LogP contribution in [-0.2, 0) is 14.8 Å². The van der Waals surface area contributed by atoms with Gasteiger partial charge in [0.1, 0.15) is 5.75 Å². The predicted molar refractivity (Wildman–Crippen MR) is 120 cm³/mol. The zero-order valence-corrected chi connectivity index (χ0v) is 18.6. The molecule has 0 heterocycles. The van der Waals surface area contributed by atoms with E-state index in [0.29, 0.717) is 0 Å². The predicted octanol–water partition coefficient (Wildman–Crippen LogP) is 4.69. The molecule has 0 fully saturated rings. The largest absolute Gasteiger partial charge is 0.497 e. The molecule has 1 atom stereocenters. The van der Waals surface area contributed by atoms with Crippen LogP contribution in [0.3, 0.4) is 0 Å². The quantitative estimate of drug-likeness (QED) is 0.576. The molecule has 0 saturated carbocycles. The number of hydrogen-bond acceptors (Lipinski definition) is 5. The molecule has 0 aliphatic rings. The second-order valence-corrected chi connectivity index (χ2v) is 9.72. The molecule has 0 aliphatic carbocycles. The minimum absolute atomic E-state index is 0.541. The number of amides is 1. The molecule has 3 rings (SSSR count). The summed E-state index contributed by atoms with van der Waals surface area (Å²) in [4.78, 5) is 14.2. The van der Waals surface area contributed by atoms with Crippen LogP contribution in [0.15, 0.2) is 82.6 Å². The molecule has 0 aromatic heterocycles. The number of ether oxygens (including phenoxy) is 1. The lowest BCUT2D eigenvalue weighted by Gasteiger charge is -2.15. The second kappa shape index (κ2) is 9.36. The van der Waals surface area contributed by atoms with Gasteiger partial charge in [-0.15, -0.1) is 0 Å². The Morgan fingerprint density at radius 3 is 2.07 bits per heavy atom. The van der Waals surface area contributed by atoms with Crippen LogP contribution in [-0.4, -0.2) is 27.7 Å². The van der Waals surface area contributed by atoms with Crippen LogP contribution in [0.5, 0.6) is 5.75 Å². The highest BCUT2D eigenvalue weighted by Gasteiger charge is 2.21. The molecule has 0 saturated heterocycles. The first-order valence-electron chi connectivity index (χ1n) is 9.30. The topological polar surface area (TPSA) is 72.5 Å². The second-order valence-electron chi connectivity index (χ2n) is 6.85. The van der Waals surface area contributed by atoms with Gasteiger partial charge in [-0.3, -0.25) is 9.52 Å². The van der Waals surface area contributed by atoms with Gasteiger partial charge in [0.2, 0.25) is 15.9 Å². The molecule has 5 nitrogen and oxygen atoms in total. The van der Waals surface area contributed by atoms with Crippen LogP contribution in [0.25, 0.3) is 11.1 Å². The SMILES string of the molecule is COc1ccc(-c2ccc(Sc3ccccc3C(C)C(=O)NS(C)(=O)=O)cc2)cc1. The number of carbonyl (C=O) groups is 1. The molecular weight excluding hydrogens is 418 g/mol. The van der Waals surface area contributed by atoms with Crippen LogP contribution in [0, 0.1) is 0 Å². The summed E-state index contributed by atoms with van der Waals surface area (Å²) in [5.74, 6) is -0.320. The normalized spacial score (nSPS) is 12.2. The van der Waals surface area contributed by atoms with Crippen LogP contribution < -0.4 is 9.46 Å². The first-order valence-corrected chi connectivity index (χ1v) is 12.0. The van der Waals surface area contributed by atoms with E-state index in [4.69, 9.17) is 4.74 Å². The average Bonchev–Trinajstić information content (AvgIpc) is 2.73. The summed E-state index contributed by atoms with van der Waals surface area (Å²) in [7, 11) is -1.95. The monoisotopic (exact) mass is 441 g/mol. The van der Waals surface area contributed by atoms with Crippen molar-refractivity contribution in [3.8, 4) is 16.9 Å². The fourth-order valence-electron chi connectivity index (χ4n) is 2.97. The van der Waals surface area contributed by atoms with Crippen molar-refractivity contribution in [3.05, 3.63) is 78.4 Å². The van der Waals surface area contributed by atoms with Crippen LogP contribution in [0.4, 0.5) is 0 Å². The number of hydrogen-bond donors (Lipinski definition) is 1. The van der Waals surface area contributed by atoms with E-state index >= 15 is 0 Å². The third-order valence-electron chi connectivity index (χ3n) is 4.57. The van der Waals surface area contributed by atoms with Gasteiger partial charge in [0.05, 0.1) is 19.3 Å². The lowest BCUT2D eigenvalue weighted by molar-refractivity contribution is -0.120. The van der Waals surface area contributed by atoms with Crippen LogP contribution in [0.1, 0.15) is 18.4 Å². The van der Waals surface area contributed by atoms with Gasteiger partial charge < -0.3 is 4.74 Å². The fraction of sp³-hybridized carbons (Fsp3) is 0.174. The highest BCUT2D eigenvalue weighted by atomic mass is 32.2. The van der Waals surface area contributed by atoms with Crippen molar-refractivity contribution in [2.45, 2.75) is 22.6 Å². The Labute approximate surface area is 181 Å². The van der Waals surface area contributed by atoms with E-state index in [1.165, 1.54) is 11.8 Å². The first kappa shape index (κ1) is 21.9. The molecular formula is C23H23NO4S2. The van der Waals surface area contributed by atoms with Gasteiger partial charge in [0.25, 0.3) is 0 Å². The van der Waals surface area contributed by atoms with Gasteiger partial charge >= 0.3 is 0 Å². The van der Waals surface area contributed by atoms with Crippen molar-refractivity contribution in [1.82, 2.24) is 4.72 Å². The van der Waals surface area contributed by atoms with Gasteiger partial charge in [-0.1, -0.05) is 54.2 Å². The Bertz CT molecular complexity index is 1120. The lowest BCUT2D eigenvalue weighted by Crippen LogP contribution is -2.32. The number of methoxy groups -OCH3 is 1. The standard InChI is InChI=1S/C23H23NO4S2/c1-16(23(25)24-30(3,26)27)21-6-4-5-7-22(21)29-20-14-10-18(11-15-20)17-8-12-19(28-2)13-9-17/h4-16H,1-3H3,(H,24,25). The highest BCUT2D eigenvalue weighted by Crippen LogP contribution is 2.35. The molecule has 0 spiro atoms. The number of sulfonamides is 1. The molecule has 30 heavy (non-hydrogen) atoms. The molecule has 3 aromatic carbocycles. The molecule has 7 heteroatoms. The zero-order valence-electron chi connectivity index (χ0n) is 17.0. The summed E-state index contributed by atoms with van der Waals surface area (Å²) < 4.78 is 30.0. The molecule has 156 valence electrons. The van der Waals surface area contributed by atoms with Crippen molar-refractivity contribution in [3.63, 3.8) is 0 Å². The Morgan fingerprint density at radius 2 is 1.50 bits per heavy atom. The number of rotatable bonds is 7. The van der Waals surface area contributed by atoms with Crippen LogP contribution >= 0.6 is 11.8 Å². The van der Waals surface area contributed by atoms with Crippen molar-refractivity contribution in [2.24, 2.45) is 0 Å². The molecule has 0 radical (unpaired) electrons. The molecule has 3 aromatic rings. The van der Waals surface area contributed by atoms with Gasteiger partial charge in [-0.25, -0.2) is 8.42 Å². The van der Waals surface area contributed by atoms with E-state index in [-0.39, 0.29) is 0 Å². The summed E-state index contributed by atoms with van der Waals surface area (Å²) >= 11 is 1.54. The summed E-state index contributed by atoms with van der Waals surface area (Å²) in [6, 6.07) is 23.6. The van der Waals surface area contributed by atoms with E-state index in [9.17, 15) is 13.2 Å². The van der Waals surface area contributed by atoms with Crippen molar-refractivity contribution in [2.75, 3.05) is 13.4 Å². The molecule has 1 amide bonds. The van der Waals surface area contributed by atoms with E-state index in [1.54, 1.807) is 14.0 Å². The van der Waals surface area contributed by atoms with Gasteiger partial charge in [0.15, 0.2) is 0 Å². The first-order chi connectivity index (χ1) is 14.3. The summed E-state index contributed by atoms with van der Waals surface area (Å²) in [6.07, 6.45) is 0.975. The number of carbonyl (C=O) groups excluding carboxylic acids is 1. The maximum Gasteiger partial charge on any atom is 0.240 e. The molecule has 0 bridgehead atoms. The van der Waals surface area contributed by atoms with Gasteiger partial charge in [-0.2, -0.15) is 0 Å². The summed E-state index contributed by atoms with van der Waals surface area (Å²) in [6.45, 7) is 1.70. The van der Waals surface area contributed by atoms with Crippen LogP contribution in [0.2, 0.25) is 0 Å². The van der Waals surface area contributed by atoms with E-state index in [1.807, 2.05) is 72.8 Å². The van der Waals surface area contributed by atoms with Gasteiger partial charge in [0, 0.05) is 9.79 Å². The Morgan fingerprint density at radius 1 is 0.933 bits per heavy atom. The van der Waals surface area contributed by atoms with Crippen molar-refractivity contribution >= 4 is 27.7 Å². The minimum Gasteiger partial charge on any atom is -0.497 e. The average molecular weight is 442 g/mol. The summed E-state index contributed by atoms with van der Waals surface area (Å²) in [5, 5.41) is 0. The molecule has 0 aliphatic heterocycles. The molecule has 1 unspecified atom stereocenters. The number of benzene rings is 3. The highest BCUT2D eigenvalue weighted by molar-refractivity contribution is 7.99. The van der Waals surface area contributed by atoms with E-state index in [2.05, 4.69) is 4.72 Å². The Kier molecular flexibility index (Phi) is 6.84. The van der Waals surface area contributed by atoms with Crippen molar-refractivity contribution in [1.29, 1.82) is 0 Å². The minimum atomic E-state index is -3.60. The summed E-state index contributed by atoms with van der Waals surface area (Å²) in [5.41, 5.74) is 2.97. The van der Waals surface area contributed by atoms with E-state index < -0.39 is 21.8 Å². The molecule has 1 N–H and O–H groups in total. The Hall–Kier alpha value is -2.77. The maximum absolute atomic E-state index is 12.3. The zero-order chi connectivity index (χ0) is 21.7.